The summed E-state index contributed by atoms with van der Waals surface area (Å²) in [4.78, 5) is 4.15. The quantitative estimate of drug-likeness (QED) is 0.594. The van der Waals surface area contributed by atoms with Crippen LogP contribution in [0, 0.1) is 0 Å². The Kier molecular flexibility index (Phi) is 8.41. The molecule has 3 heteroatoms. The minimum atomic E-state index is 0.0817. The second kappa shape index (κ2) is 10.7. The van der Waals surface area contributed by atoms with Crippen LogP contribution in [0.1, 0.15) is 63.4 Å². The number of aryl methyl sites for hydroxylation is 1. The monoisotopic (exact) mass is 291 g/mol. The van der Waals surface area contributed by atoms with Crippen LogP contribution in [-0.4, -0.2) is 24.5 Å². The number of pyridine rings is 1. The van der Waals surface area contributed by atoms with Gasteiger partial charge in [0, 0.05) is 25.6 Å². The number of unbranched alkanes of at least 4 members (excludes halogenated alkanes) is 5. The topological polar surface area (TPSA) is 31.4 Å². The lowest BCUT2D eigenvalue weighted by atomic mass is 10.1. The molecule has 1 saturated heterocycles. The fourth-order valence-corrected chi connectivity index (χ4v) is 2.74. The van der Waals surface area contributed by atoms with Crippen LogP contribution in [0.4, 0.5) is 0 Å². The van der Waals surface area contributed by atoms with E-state index < -0.39 is 0 Å². The third-order valence-corrected chi connectivity index (χ3v) is 4.02. The molecule has 0 aromatic carbocycles. The average Bonchev–Trinajstić information content (AvgIpc) is 2.55. The maximum absolute atomic E-state index is 5.74. The van der Waals surface area contributed by atoms with Gasteiger partial charge in [-0.3, -0.25) is 4.98 Å². The zero-order valence-corrected chi connectivity index (χ0v) is 13.1. The first-order chi connectivity index (χ1) is 10.4. The minimum absolute atomic E-state index is 0.0817. The number of rotatable bonds is 10. The molecular weight excluding hydrogens is 262 g/mol. The molecule has 21 heavy (non-hydrogen) atoms. The van der Waals surface area contributed by atoms with Gasteiger partial charge in [-0.15, -0.1) is 0 Å². The summed E-state index contributed by atoms with van der Waals surface area (Å²) in [7, 11) is 0. The maximum Gasteiger partial charge on any atom is 0.157 e. The Labute approximate surface area is 129 Å². The Morgan fingerprint density at radius 2 is 1.95 bits per heavy atom. The highest BCUT2D eigenvalue weighted by Gasteiger charge is 2.13. The predicted molar refractivity (Wildman–Crippen MR) is 85.2 cm³/mol. The molecule has 118 valence electrons. The number of nitrogens with zero attached hydrogens (tertiary/aromatic N) is 1. The number of ether oxygens (including phenoxy) is 2. The highest BCUT2D eigenvalue weighted by molar-refractivity contribution is 5.08. The minimum Gasteiger partial charge on any atom is -0.353 e. The Morgan fingerprint density at radius 1 is 1.10 bits per heavy atom. The van der Waals surface area contributed by atoms with Crippen molar-refractivity contribution in [1.82, 2.24) is 4.98 Å². The van der Waals surface area contributed by atoms with E-state index in [4.69, 9.17) is 9.47 Å². The Bertz CT molecular complexity index is 349. The van der Waals surface area contributed by atoms with Gasteiger partial charge in [0.05, 0.1) is 0 Å². The van der Waals surface area contributed by atoms with E-state index in [2.05, 4.69) is 11.1 Å². The molecule has 1 atom stereocenters. The number of hydrogen-bond donors (Lipinski definition) is 0. The maximum atomic E-state index is 5.74. The summed E-state index contributed by atoms with van der Waals surface area (Å²) in [6, 6.07) is 4.18. The molecule has 0 amide bonds. The van der Waals surface area contributed by atoms with Gasteiger partial charge in [0.25, 0.3) is 0 Å². The van der Waals surface area contributed by atoms with Crippen molar-refractivity contribution in [3.8, 4) is 0 Å². The summed E-state index contributed by atoms with van der Waals surface area (Å²) in [5.74, 6) is 0. The number of hydrogen-bond acceptors (Lipinski definition) is 3. The molecule has 1 unspecified atom stereocenters. The van der Waals surface area contributed by atoms with Crippen LogP contribution < -0.4 is 0 Å². The fraction of sp³-hybridized carbons (Fsp3) is 0.722. The molecule has 1 aliphatic heterocycles. The van der Waals surface area contributed by atoms with Crippen LogP contribution in [0.2, 0.25) is 0 Å². The van der Waals surface area contributed by atoms with Crippen molar-refractivity contribution in [3.63, 3.8) is 0 Å². The van der Waals surface area contributed by atoms with Crippen LogP contribution >= 0.6 is 0 Å². The Hall–Kier alpha value is -0.930. The summed E-state index contributed by atoms with van der Waals surface area (Å²) in [5.41, 5.74) is 1.36. The van der Waals surface area contributed by atoms with E-state index in [0.717, 1.165) is 26.1 Å². The van der Waals surface area contributed by atoms with Crippen LogP contribution in [0.3, 0.4) is 0 Å². The first-order valence-electron chi connectivity index (χ1n) is 8.57. The molecular formula is C18H29NO2. The van der Waals surface area contributed by atoms with Crippen molar-refractivity contribution in [3.05, 3.63) is 30.1 Å². The van der Waals surface area contributed by atoms with Crippen LogP contribution in [0.15, 0.2) is 24.5 Å². The van der Waals surface area contributed by atoms with Crippen LogP contribution in [0.5, 0.6) is 0 Å². The van der Waals surface area contributed by atoms with E-state index in [1.165, 1.54) is 56.9 Å². The molecule has 2 rings (SSSR count). The van der Waals surface area contributed by atoms with Crippen LogP contribution in [-0.2, 0) is 15.9 Å². The van der Waals surface area contributed by atoms with Gasteiger partial charge in [-0.1, -0.05) is 31.7 Å². The van der Waals surface area contributed by atoms with Crippen molar-refractivity contribution < 1.29 is 9.47 Å². The van der Waals surface area contributed by atoms with Gasteiger partial charge >= 0.3 is 0 Å². The standard InChI is InChI=1S/C18H29NO2/c1(3-5-10-17-11-9-13-19-16-17)2-4-7-14-20-18-12-6-8-15-21-18/h9,11,13,16,18H,1-8,10,12,14-15H2. The van der Waals surface area contributed by atoms with E-state index in [-0.39, 0.29) is 6.29 Å². The zero-order chi connectivity index (χ0) is 14.6. The lowest BCUT2D eigenvalue weighted by Gasteiger charge is -2.22. The van der Waals surface area contributed by atoms with Gasteiger partial charge in [-0.2, -0.15) is 0 Å². The van der Waals surface area contributed by atoms with Gasteiger partial charge in [-0.25, -0.2) is 0 Å². The zero-order valence-electron chi connectivity index (χ0n) is 13.1. The van der Waals surface area contributed by atoms with Crippen LogP contribution in [0.25, 0.3) is 0 Å². The third-order valence-electron chi connectivity index (χ3n) is 4.02. The Balaban J connectivity index is 1.35. The molecule has 0 radical (unpaired) electrons. The van der Waals surface area contributed by atoms with E-state index in [9.17, 15) is 0 Å². The van der Waals surface area contributed by atoms with Crippen molar-refractivity contribution >= 4 is 0 Å². The molecule has 1 aromatic rings. The SMILES string of the molecule is c1cncc(CCCCCCCCOC2CCCCO2)c1. The second-order valence-corrected chi connectivity index (χ2v) is 5.90. The van der Waals surface area contributed by atoms with Gasteiger partial charge in [-0.05, 0) is 50.2 Å². The summed E-state index contributed by atoms with van der Waals surface area (Å²) in [5, 5.41) is 0. The average molecular weight is 291 g/mol. The molecule has 0 aliphatic carbocycles. The first-order valence-corrected chi connectivity index (χ1v) is 8.57. The van der Waals surface area contributed by atoms with E-state index in [1.54, 1.807) is 0 Å². The second-order valence-electron chi connectivity index (χ2n) is 5.90. The molecule has 0 bridgehead atoms. The van der Waals surface area contributed by atoms with E-state index in [1.807, 2.05) is 18.5 Å². The van der Waals surface area contributed by atoms with E-state index >= 15 is 0 Å². The Morgan fingerprint density at radius 3 is 2.71 bits per heavy atom. The molecule has 1 aromatic heterocycles. The summed E-state index contributed by atoms with van der Waals surface area (Å²) < 4.78 is 11.3. The molecule has 0 N–H and O–H groups in total. The third kappa shape index (κ3) is 7.58. The summed E-state index contributed by atoms with van der Waals surface area (Å²) >= 11 is 0. The van der Waals surface area contributed by atoms with Crippen molar-refractivity contribution in [2.75, 3.05) is 13.2 Å². The largest absolute Gasteiger partial charge is 0.353 e. The highest BCUT2D eigenvalue weighted by atomic mass is 16.7. The lowest BCUT2D eigenvalue weighted by molar-refractivity contribution is -0.162. The molecule has 3 nitrogen and oxygen atoms in total. The fourth-order valence-electron chi connectivity index (χ4n) is 2.74. The normalized spacial score (nSPS) is 18.8. The lowest BCUT2D eigenvalue weighted by Crippen LogP contribution is -2.22. The van der Waals surface area contributed by atoms with Crippen molar-refractivity contribution in [1.29, 1.82) is 0 Å². The van der Waals surface area contributed by atoms with Gasteiger partial charge in [0.15, 0.2) is 6.29 Å². The van der Waals surface area contributed by atoms with Gasteiger partial charge < -0.3 is 9.47 Å². The molecule has 2 heterocycles. The first kappa shape index (κ1) is 16.4. The molecule has 0 saturated carbocycles. The van der Waals surface area contributed by atoms with Crippen molar-refractivity contribution in [2.24, 2.45) is 0 Å². The summed E-state index contributed by atoms with van der Waals surface area (Å²) in [6.45, 7) is 1.74. The molecule has 0 spiro atoms. The highest BCUT2D eigenvalue weighted by Crippen LogP contribution is 2.14. The molecule has 1 fully saturated rings. The van der Waals surface area contributed by atoms with E-state index in [0.29, 0.717) is 0 Å². The molecule has 1 aliphatic rings. The number of aromatic nitrogens is 1. The summed E-state index contributed by atoms with van der Waals surface area (Å²) in [6.07, 6.45) is 16.3. The van der Waals surface area contributed by atoms with Gasteiger partial charge in [0.1, 0.15) is 0 Å². The smallest absolute Gasteiger partial charge is 0.157 e. The van der Waals surface area contributed by atoms with Gasteiger partial charge in [0.2, 0.25) is 0 Å². The predicted octanol–water partition coefficient (Wildman–Crippen LogP) is 4.51. The van der Waals surface area contributed by atoms with Crippen molar-refractivity contribution in [2.45, 2.75) is 70.5 Å².